The Hall–Kier alpha value is -2.04. The van der Waals surface area contributed by atoms with Gasteiger partial charge in [-0.1, -0.05) is 18.2 Å². The number of benzene rings is 1. The van der Waals surface area contributed by atoms with Crippen LogP contribution < -0.4 is 16.0 Å². The first kappa shape index (κ1) is 11.4. The van der Waals surface area contributed by atoms with E-state index in [0.29, 0.717) is 13.0 Å². The van der Waals surface area contributed by atoms with Crippen molar-refractivity contribution < 1.29 is 9.59 Å². The summed E-state index contributed by atoms with van der Waals surface area (Å²) in [7, 11) is 0. The summed E-state index contributed by atoms with van der Waals surface area (Å²) in [6, 6.07) is 7.15. The molecule has 1 aromatic rings. The van der Waals surface area contributed by atoms with E-state index in [1.54, 1.807) is 0 Å². The summed E-state index contributed by atoms with van der Waals surface area (Å²) in [6.45, 7) is 2.43. The summed E-state index contributed by atoms with van der Waals surface area (Å²) in [5.74, 6) is -0.0220. The highest BCUT2D eigenvalue weighted by molar-refractivity contribution is 5.91. The maximum atomic E-state index is 11.7. The zero-order valence-corrected chi connectivity index (χ0v) is 9.62. The molecule has 1 saturated heterocycles. The number of carbonyl (C=O) groups is 2. The van der Waals surface area contributed by atoms with Crippen molar-refractivity contribution >= 4 is 17.6 Å². The molecule has 5 nitrogen and oxygen atoms in total. The Labute approximate surface area is 99.6 Å². The summed E-state index contributed by atoms with van der Waals surface area (Å²) < 4.78 is 0. The van der Waals surface area contributed by atoms with E-state index in [1.807, 2.05) is 31.2 Å². The molecule has 0 spiro atoms. The smallest absolute Gasteiger partial charge is 0.319 e. The Morgan fingerprint density at radius 1 is 1.41 bits per heavy atom. The maximum Gasteiger partial charge on any atom is 0.319 e. The molecule has 1 fully saturated rings. The molecule has 1 aliphatic rings. The molecule has 1 atom stereocenters. The van der Waals surface area contributed by atoms with Crippen LogP contribution in [0.5, 0.6) is 0 Å². The van der Waals surface area contributed by atoms with E-state index in [1.165, 1.54) is 0 Å². The van der Waals surface area contributed by atoms with Crippen molar-refractivity contribution in [3.8, 4) is 0 Å². The molecule has 90 valence electrons. The molecule has 3 amide bonds. The van der Waals surface area contributed by atoms with E-state index in [2.05, 4.69) is 16.0 Å². The molecule has 2 rings (SSSR count). The second-order valence-electron chi connectivity index (χ2n) is 4.12. The Bertz CT molecular complexity index is 445. The number of hydrogen-bond donors (Lipinski definition) is 3. The molecule has 0 aliphatic carbocycles. The summed E-state index contributed by atoms with van der Waals surface area (Å²) in [5, 5.41) is 8.18. The highest BCUT2D eigenvalue weighted by Gasteiger charge is 2.22. The van der Waals surface area contributed by atoms with Gasteiger partial charge in [-0.25, -0.2) is 4.79 Å². The monoisotopic (exact) mass is 233 g/mol. The SMILES string of the molecule is Cc1ccccc1NC(=O)NC1CNC(=O)C1. The first-order valence-corrected chi connectivity index (χ1v) is 5.55. The number of para-hydroxylation sites is 1. The van der Waals surface area contributed by atoms with Crippen LogP contribution in [0.15, 0.2) is 24.3 Å². The standard InChI is InChI=1S/C12H15N3O2/c1-8-4-2-3-5-10(8)15-12(17)14-9-6-11(16)13-7-9/h2-5,9H,6-7H2,1H3,(H,13,16)(H2,14,15,17). The molecule has 17 heavy (non-hydrogen) atoms. The van der Waals surface area contributed by atoms with E-state index < -0.39 is 0 Å². The highest BCUT2D eigenvalue weighted by atomic mass is 16.2. The van der Waals surface area contributed by atoms with Crippen LogP contribution in [0.3, 0.4) is 0 Å². The minimum atomic E-state index is -0.277. The molecule has 1 heterocycles. The molecule has 1 unspecified atom stereocenters. The van der Waals surface area contributed by atoms with Gasteiger partial charge in [-0.05, 0) is 18.6 Å². The van der Waals surface area contributed by atoms with Gasteiger partial charge in [-0.15, -0.1) is 0 Å². The lowest BCUT2D eigenvalue weighted by molar-refractivity contribution is -0.119. The zero-order chi connectivity index (χ0) is 12.3. The fraction of sp³-hybridized carbons (Fsp3) is 0.333. The highest BCUT2D eigenvalue weighted by Crippen LogP contribution is 2.12. The summed E-state index contributed by atoms with van der Waals surface area (Å²) >= 11 is 0. The molecular formula is C12H15N3O2. The average molecular weight is 233 g/mol. The fourth-order valence-corrected chi connectivity index (χ4v) is 1.76. The molecule has 5 heteroatoms. The summed E-state index contributed by atoms with van der Waals surface area (Å²) in [6.07, 6.45) is 0.348. The van der Waals surface area contributed by atoms with Crippen molar-refractivity contribution in [2.24, 2.45) is 0 Å². The first-order chi connectivity index (χ1) is 8.15. The lowest BCUT2D eigenvalue weighted by Crippen LogP contribution is -2.39. The molecule has 0 saturated carbocycles. The Morgan fingerprint density at radius 2 is 2.18 bits per heavy atom. The van der Waals surface area contributed by atoms with E-state index in [9.17, 15) is 9.59 Å². The van der Waals surface area contributed by atoms with Crippen molar-refractivity contribution in [2.75, 3.05) is 11.9 Å². The zero-order valence-electron chi connectivity index (χ0n) is 9.62. The average Bonchev–Trinajstić information content (AvgIpc) is 2.67. The van der Waals surface area contributed by atoms with Gasteiger partial charge in [0.05, 0.1) is 6.04 Å². The molecule has 0 radical (unpaired) electrons. The van der Waals surface area contributed by atoms with E-state index in [0.717, 1.165) is 11.3 Å². The fourth-order valence-electron chi connectivity index (χ4n) is 1.76. The van der Waals surface area contributed by atoms with Gasteiger partial charge in [-0.2, -0.15) is 0 Å². The lowest BCUT2D eigenvalue weighted by Gasteiger charge is -2.12. The second kappa shape index (κ2) is 4.86. The minimum absolute atomic E-state index is 0.0220. The van der Waals surface area contributed by atoms with Crippen LogP contribution in [0.4, 0.5) is 10.5 Å². The summed E-state index contributed by atoms with van der Waals surface area (Å²) in [4.78, 5) is 22.6. The predicted molar refractivity (Wildman–Crippen MR) is 64.7 cm³/mol. The normalized spacial score (nSPS) is 18.6. The van der Waals surface area contributed by atoms with Crippen LogP contribution >= 0.6 is 0 Å². The number of aryl methyl sites for hydroxylation is 1. The van der Waals surface area contributed by atoms with Crippen LogP contribution in [-0.4, -0.2) is 24.5 Å². The van der Waals surface area contributed by atoms with Crippen molar-refractivity contribution in [2.45, 2.75) is 19.4 Å². The van der Waals surface area contributed by atoms with Crippen molar-refractivity contribution in [3.05, 3.63) is 29.8 Å². The van der Waals surface area contributed by atoms with Gasteiger partial charge in [0.15, 0.2) is 0 Å². The van der Waals surface area contributed by atoms with Gasteiger partial charge < -0.3 is 16.0 Å². The maximum absolute atomic E-state index is 11.7. The van der Waals surface area contributed by atoms with Gasteiger partial charge in [0.25, 0.3) is 0 Å². The van der Waals surface area contributed by atoms with Gasteiger partial charge >= 0.3 is 6.03 Å². The Balaban J connectivity index is 1.89. The third-order valence-corrected chi connectivity index (χ3v) is 2.71. The number of carbonyl (C=O) groups excluding carboxylic acids is 2. The van der Waals surface area contributed by atoms with E-state index in [-0.39, 0.29) is 18.0 Å². The van der Waals surface area contributed by atoms with Crippen molar-refractivity contribution in [3.63, 3.8) is 0 Å². The molecular weight excluding hydrogens is 218 g/mol. The van der Waals surface area contributed by atoms with E-state index >= 15 is 0 Å². The molecule has 1 aliphatic heterocycles. The van der Waals surface area contributed by atoms with Crippen LogP contribution in [-0.2, 0) is 4.79 Å². The number of nitrogens with one attached hydrogen (secondary N) is 3. The number of urea groups is 1. The molecule has 3 N–H and O–H groups in total. The molecule has 0 bridgehead atoms. The number of rotatable bonds is 2. The lowest BCUT2D eigenvalue weighted by atomic mass is 10.2. The second-order valence-corrected chi connectivity index (χ2v) is 4.12. The number of amides is 3. The topological polar surface area (TPSA) is 70.2 Å². The number of anilines is 1. The third-order valence-electron chi connectivity index (χ3n) is 2.71. The minimum Gasteiger partial charge on any atom is -0.354 e. The first-order valence-electron chi connectivity index (χ1n) is 5.55. The van der Waals surface area contributed by atoms with Crippen LogP contribution in [0, 0.1) is 6.92 Å². The quantitative estimate of drug-likeness (QED) is 0.713. The van der Waals surface area contributed by atoms with Crippen LogP contribution in [0.1, 0.15) is 12.0 Å². The predicted octanol–water partition coefficient (Wildman–Crippen LogP) is 1.01. The van der Waals surface area contributed by atoms with Gasteiger partial charge in [0, 0.05) is 18.7 Å². The Kier molecular flexibility index (Phi) is 3.27. The largest absolute Gasteiger partial charge is 0.354 e. The van der Waals surface area contributed by atoms with Crippen LogP contribution in [0.2, 0.25) is 0 Å². The van der Waals surface area contributed by atoms with Gasteiger partial charge in [0.2, 0.25) is 5.91 Å². The number of hydrogen-bond acceptors (Lipinski definition) is 2. The van der Waals surface area contributed by atoms with Gasteiger partial charge in [-0.3, -0.25) is 4.79 Å². The molecule has 1 aromatic carbocycles. The molecule has 0 aromatic heterocycles. The summed E-state index contributed by atoms with van der Waals surface area (Å²) in [5.41, 5.74) is 1.78. The van der Waals surface area contributed by atoms with Crippen LogP contribution in [0.25, 0.3) is 0 Å². The van der Waals surface area contributed by atoms with Crippen molar-refractivity contribution in [1.29, 1.82) is 0 Å². The Morgan fingerprint density at radius 3 is 2.82 bits per heavy atom. The third kappa shape index (κ3) is 2.96. The van der Waals surface area contributed by atoms with E-state index in [4.69, 9.17) is 0 Å². The van der Waals surface area contributed by atoms with Crippen molar-refractivity contribution in [1.82, 2.24) is 10.6 Å². The van der Waals surface area contributed by atoms with Gasteiger partial charge in [0.1, 0.15) is 0 Å².